The van der Waals surface area contributed by atoms with E-state index in [1.165, 1.54) is 33.0 Å². The number of furan rings is 1. The Balaban J connectivity index is 0.000000940. The van der Waals surface area contributed by atoms with Gasteiger partial charge in [-0.25, -0.2) is 4.98 Å². The maximum absolute atomic E-state index is 6.63. The maximum atomic E-state index is 6.63. The number of rotatable bonds is 7. The number of para-hydroxylation sites is 1. The van der Waals surface area contributed by atoms with Crippen LogP contribution in [0.5, 0.6) is 0 Å². The first-order valence-electron chi connectivity index (χ1n) is 24.0. The molecule has 0 spiro atoms. The van der Waals surface area contributed by atoms with E-state index in [0.717, 1.165) is 88.3 Å². The average molecular weight is 909 g/mol. The Morgan fingerprint density at radius 1 is 0.380 bits per heavy atom. The van der Waals surface area contributed by atoms with E-state index in [0.29, 0.717) is 17.6 Å². The highest BCUT2D eigenvalue weighted by molar-refractivity contribution is 6.28. The van der Waals surface area contributed by atoms with Crippen LogP contribution >= 0.6 is 0 Å². The highest BCUT2D eigenvalue weighted by Gasteiger charge is 2.25. The summed E-state index contributed by atoms with van der Waals surface area (Å²) in [5.74, 6) is 1.77. The molecule has 0 saturated heterocycles. The molecule has 334 valence electrons. The van der Waals surface area contributed by atoms with Crippen LogP contribution in [0.3, 0.4) is 0 Å². The van der Waals surface area contributed by atoms with Crippen molar-refractivity contribution in [1.82, 2.24) is 19.5 Å². The number of nitrogens with zero attached hydrogens (tertiary/aromatic N) is 4. The summed E-state index contributed by atoms with van der Waals surface area (Å²) in [4.78, 5) is 15.7. The summed E-state index contributed by atoms with van der Waals surface area (Å²) in [6, 6.07) is 77.3. The predicted molar refractivity (Wildman–Crippen MR) is 296 cm³/mol. The Morgan fingerprint density at radius 2 is 0.887 bits per heavy atom. The van der Waals surface area contributed by atoms with Gasteiger partial charge in [-0.2, -0.15) is 9.97 Å². The Morgan fingerprint density at radius 3 is 1.52 bits per heavy atom. The van der Waals surface area contributed by atoms with Crippen LogP contribution in [0, 0.1) is 0 Å². The Hall–Kier alpha value is -9.45. The first-order chi connectivity index (χ1) is 35.1. The molecule has 14 rings (SSSR count). The molecule has 3 aromatic heterocycles. The van der Waals surface area contributed by atoms with Crippen LogP contribution in [-0.2, 0) is 0 Å². The summed E-state index contributed by atoms with van der Waals surface area (Å²) >= 11 is 0. The summed E-state index contributed by atoms with van der Waals surface area (Å²) in [6.45, 7) is 5.42. The van der Waals surface area contributed by atoms with Crippen LogP contribution in [-0.4, -0.2) is 19.5 Å². The standard InChI is InChI=1S/C61H36N4O.C5H8/c1-3-12-37(13-4-1)39-22-26-41(27-23-39)59-62-60(42-28-24-40(25-29-42)38-14-5-2-6-15-38)64-61(63-59)65-53-21-10-9-18-47(53)50-34-43(30-32-54(50)65)44-31-33-55-52(35-44)58-49-20-11-19-48-45-16-7-8-17-46(45)51(57(48)49)36-56(58)66-55;1-3-5-4-2/h1-36H;3-5H,1H2,2H3/b;5-4-. The van der Waals surface area contributed by atoms with Gasteiger partial charge in [0.15, 0.2) is 11.6 Å². The zero-order chi connectivity index (χ0) is 47.4. The molecule has 0 saturated carbocycles. The third-order valence-electron chi connectivity index (χ3n) is 13.8. The van der Waals surface area contributed by atoms with Gasteiger partial charge in [0.25, 0.3) is 0 Å². The molecule has 3 heterocycles. The van der Waals surface area contributed by atoms with Crippen molar-refractivity contribution in [2.45, 2.75) is 6.92 Å². The molecule has 1 aliphatic rings. The molecule has 10 aromatic carbocycles. The fourth-order valence-corrected chi connectivity index (χ4v) is 10.4. The Kier molecular flexibility index (Phi) is 10.1. The van der Waals surface area contributed by atoms with Crippen LogP contribution in [0.15, 0.2) is 248 Å². The molecule has 0 unspecified atom stereocenters. The minimum Gasteiger partial charge on any atom is -0.456 e. The number of hydrogen-bond donors (Lipinski definition) is 0. The maximum Gasteiger partial charge on any atom is 0.238 e. The molecule has 0 radical (unpaired) electrons. The second kappa shape index (κ2) is 17.3. The predicted octanol–water partition coefficient (Wildman–Crippen LogP) is 17.8. The van der Waals surface area contributed by atoms with Crippen molar-refractivity contribution in [3.8, 4) is 84.4 Å². The number of allylic oxidation sites excluding steroid dienone is 3. The molecular weight excluding hydrogens is 865 g/mol. The van der Waals surface area contributed by atoms with E-state index in [9.17, 15) is 0 Å². The third-order valence-corrected chi connectivity index (χ3v) is 13.8. The van der Waals surface area contributed by atoms with Gasteiger partial charge in [-0.15, -0.1) is 0 Å². The van der Waals surface area contributed by atoms with Crippen molar-refractivity contribution in [2.24, 2.45) is 0 Å². The second-order valence-corrected chi connectivity index (χ2v) is 17.9. The van der Waals surface area contributed by atoms with Gasteiger partial charge in [0.1, 0.15) is 11.2 Å². The minimum atomic E-state index is 0.560. The molecule has 5 nitrogen and oxygen atoms in total. The summed E-state index contributed by atoms with van der Waals surface area (Å²) < 4.78 is 8.81. The molecule has 0 bridgehead atoms. The zero-order valence-electron chi connectivity index (χ0n) is 38.9. The smallest absolute Gasteiger partial charge is 0.238 e. The van der Waals surface area contributed by atoms with E-state index in [4.69, 9.17) is 19.4 Å². The van der Waals surface area contributed by atoms with Crippen LogP contribution in [0.4, 0.5) is 0 Å². The van der Waals surface area contributed by atoms with Crippen LogP contribution < -0.4 is 0 Å². The first-order valence-corrected chi connectivity index (χ1v) is 24.0. The van der Waals surface area contributed by atoms with Crippen molar-refractivity contribution in [2.75, 3.05) is 0 Å². The highest BCUT2D eigenvalue weighted by Crippen LogP contribution is 2.51. The third kappa shape index (κ3) is 7.14. The number of benzene rings is 10. The van der Waals surface area contributed by atoms with Gasteiger partial charge in [-0.05, 0) is 110 Å². The van der Waals surface area contributed by atoms with Crippen LogP contribution in [0.1, 0.15) is 6.92 Å². The molecule has 13 aromatic rings. The Bertz CT molecular complexity index is 4120. The lowest BCUT2D eigenvalue weighted by molar-refractivity contribution is 0.669. The number of fused-ring (bicyclic) bond motifs is 10. The molecule has 0 N–H and O–H groups in total. The molecule has 0 atom stereocenters. The zero-order valence-corrected chi connectivity index (χ0v) is 38.9. The largest absolute Gasteiger partial charge is 0.456 e. The highest BCUT2D eigenvalue weighted by atomic mass is 16.3. The van der Waals surface area contributed by atoms with E-state index in [1.807, 2.05) is 31.2 Å². The normalized spacial score (nSPS) is 11.7. The quantitative estimate of drug-likeness (QED) is 0.150. The van der Waals surface area contributed by atoms with E-state index >= 15 is 0 Å². The lowest BCUT2D eigenvalue weighted by Gasteiger charge is -2.12. The van der Waals surface area contributed by atoms with Crippen LogP contribution in [0.2, 0.25) is 0 Å². The van der Waals surface area contributed by atoms with Gasteiger partial charge >= 0.3 is 0 Å². The molecule has 1 aliphatic carbocycles. The van der Waals surface area contributed by atoms with Crippen molar-refractivity contribution in [3.63, 3.8) is 0 Å². The van der Waals surface area contributed by atoms with E-state index in [2.05, 4.69) is 217 Å². The van der Waals surface area contributed by atoms with Gasteiger partial charge in [0, 0.05) is 32.7 Å². The molecule has 5 heteroatoms. The lowest BCUT2D eigenvalue weighted by atomic mass is 9.96. The average Bonchev–Trinajstić information content (AvgIpc) is 4.09. The van der Waals surface area contributed by atoms with Crippen molar-refractivity contribution < 1.29 is 4.42 Å². The van der Waals surface area contributed by atoms with Gasteiger partial charge < -0.3 is 4.42 Å². The van der Waals surface area contributed by atoms with Gasteiger partial charge in [-0.3, -0.25) is 4.57 Å². The molecule has 0 fully saturated rings. The molecule has 0 aliphatic heterocycles. The summed E-state index contributed by atoms with van der Waals surface area (Å²) in [7, 11) is 0. The van der Waals surface area contributed by atoms with E-state index in [1.54, 1.807) is 6.08 Å². The fraction of sp³-hybridized carbons (Fsp3) is 0.0152. The van der Waals surface area contributed by atoms with Gasteiger partial charge in [0.2, 0.25) is 5.95 Å². The van der Waals surface area contributed by atoms with Gasteiger partial charge in [-0.1, -0.05) is 207 Å². The van der Waals surface area contributed by atoms with Gasteiger partial charge in [0.05, 0.1) is 11.0 Å². The second-order valence-electron chi connectivity index (χ2n) is 17.9. The SMILES string of the molecule is C=C/C=C\C.c1ccc(-c2ccc(-c3nc(-c4ccc(-c5ccccc5)cc4)nc(-n4c5ccccc5c5cc(-c6ccc7oc8cc9c%10c(cccc%10c8c7c6)-c6ccccc6-9)ccc54)n3)cc2)cc1. The van der Waals surface area contributed by atoms with Crippen LogP contribution in [0.25, 0.3) is 139 Å². The summed E-state index contributed by atoms with van der Waals surface area (Å²) in [6.07, 6.45) is 5.58. The van der Waals surface area contributed by atoms with Crippen molar-refractivity contribution in [1.29, 1.82) is 0 Å². The van der Waals surface area contributed by atoms with E-state index < -0.39 is 0 Å². The summed E-state index contributed by atoms with van der Waals surface area (Å²) in [5.41, 5.74) is 17.6. The molecular formula is C66H44N4O. The molecule has 0 amide bonds. The Labute approximate surface area is 411 Å². The lowest BCUT2D eigenvalue weighted by Crippen LogP contribution is -2.06. The topological polar surface area (TPSA) is 56.7 Å². The number of aromatic nitrogens is 4. The number of hydrogen-bond acceptors (Lipinski definition) is 4. The van der Waals surface area contributed by atoms with Crippen molar-refractivity contribution in [3.05, 3.63) is 243 Å². The van der Waals surface area contributed by atoms with E-state index in [-0.39, 0.29) is 0 Å². The monoisotopic (exact) mass is 908 g/mol. The molecule has 71 heavy (non-hydrogen) atoms. The first kappa shape index (κ1) is 41.7. The van der Waals surface area contributed by atoms with Crippen molar-refractivity contribution >= 4 is 54.5 Å². The minimum absolute atomic E-state index is 0.560. The fourth-order valence-electron chi connectivity index (χ4n) is 10.4. The summed E-state index contributed by atoms with van der Waals surface area (Å²) in [5, 5.41) is 7.03.